The van der Waals surface area contributed by atoms with E-state index in [0.29, 0.717) is 17.4 Å². The quantitative estimate of drug-likeness (QED) is 0.543. The van der Waals surface area contributed by atoms with E-state index in [1.807, 2.05) is 62.5 Å². The highest BCUT2D eigenvalue weighted by molar-refractivity contribution is 5.92. The van der Waals surface area contributed by atoms with Gasteiger partial charge < -0.3 is 11.1 Å². The third-order valence-electron chi connectivity index (χ3n) is 4.39. The van der Waals surface area contributed by atoms with Crippen molar-refractivity contribution in [1.29, 1.82) is 0 Å². The molecule has 0 aliphatic heterocycles. The van der Waals surface area contributed by atoms with Crippen molar-refractivity contribution in [2.24, 2.45) is 4.99 Å². The molecule has 2 heterocycles. The Balaban J connectivity index is 2.09. The van der Waals surface area contributed by atoms with Crippen molar-refractivity contribution in [3.05, 3.63) is 54.4 Å². The van der Waals surface area contributed by atoms with Gasteiger partial charge in [0.25, 0.3) is 0 Å². The SMILES string of the molecule is C=Nc1cc(-c2c(-c3ccccc3)nc(N)n3nc(C)nc23)ccc1NC. The molecule has 0 saturated heterocycles. The van der Waals surface area contributed by atoms with Gasteiger partial charge in [0.1, 0.15) is 5.82 Å². The number of nitrogen functional groups attached to an aromatic ring is 1. The van der Waals surface area contributed by atoms with Crippen molar-refractivity contribution in [2.75, 3.05) is 18.1 Å². The Bertz CT molecular complexity index is 1150. The van der Waals surface area contributed by atoms with Gasteiger partial charge in [-0.1, -0.05) is 36.4 Å². The molecule has 0 spiro atoms. The van der Waals surface area contributed by atoms with Crippen molar-refractivity contribution >= 4 is 29.7 Å². The van der Waals surface area contributed by atoms with Gasteiger partial charge in [0.2, 0.25) is 5.95 Å². The Morgan fingerprint density at radius 2 is 1.85 bits per heavy atom. The van der Waals surface area contributed by atoms with E-state index in [2.05, 4.69) is 32.1 Å². The topological polar surface area (TPSA) is 93.5 Å². The predicted molar refractivity (Wildman–Crippen MR) is 110 cm³/mol. The Hall–Kier alpha value is -3.74. The first-order chi connectivity index (χ1) is 13.1. The molecule has 2 aromatic carbocycles. The zero-order valence-corrected chi connectivity index (χ0v) is 15.1. The fraction of sp³-hybridized carbons (Fsp3) is 0.100. The second-order valence-corrected chi connectivity index (χ2v) is 6.09. The van der Waals surface area contributed by atoms with Gasteiger partial charge in [0, 0.05) is 12.6 Å². The predicted octanol–water partition coefficient (Wildman–Crippen LogP) is 3.72. The standard InChI is InChI=1S/C20H19N7/c1-12-24-19-17(14-9-10-15(22-2)16(11-14)23-3)18(13-7-5-4-6-8-13)25-20(21)27(19)26-12/h4-11,22H,3H2,1-2H3,(H2,21,25). The first-order valence-electron chi connectivity index (χ1n) is 8.49. The fourth-order valence-electron chi connectivity index (χ4n) is 3.16. The summed E-state index contributed by atoms with van der Waals surface area (Å²) in [6.07, 6.45) is 0. The molecule has 7 heteroatoms. The number of nitrogens with zero attached hydrogens (tertiary/aromatic N) is 5. The highest BCUT2D eigenvalue weighted by atomic mass is 15.3. The number of aromatic nitrogens is 4. The number of hydrogen-bond acceptors (Lipinski definition) is 6. The Kier molecular flexibility index (Phi) is 4.04. The van der Waals surface area contributed by atoms with Gasteiger partial charge >= 0.3 is 0 Å². The highest BCUT2D eigenvalue weighted by Crippen LogP contribution is 2.38. The third kappa shape index (κ3) is 2.79. The highest BCUT2D eigenvalue weighted by Gasteiger charge is 2.19. The first kappa shape index (κ1) is 16.7. The van der Waals surface area contributed by atoms with E-state index in [-0.39, 0.29) is 0 Å². The van der Waals surface area contributed by atoms with Crippen molar-refractivity contribution < 1.29 is 0 Å². The van der Waals surface area contributed by atoms with Gasteiger partial charge in [-0.2, -0.15) is 4.52 Å². The van der Waals surface area contributed by atoms with E-state index >= 15 is 0 Å². The van der Waals surface area contributed by atoms with Crippen LogP contribution in [-0.4, -0.2) is 33.3 Å². The molecule has 0 fully saturated rings. The molecule has 7 nitrogen and oxygen atoms in total. The number of aliphatic imine (C=N–C) groups is 1. The maximum absolute atomic E-state index is 6.17. The molecule has 4 aromatic rings. The van der Waals surface area contributed by atoms with Crippen LogP contribution in [0.4, 0.5) is 17.3 Å². The van der Waals surface area contributed by atoms with Crippen LogP contribution in [0.5, 0.6) is 0 Å². The van der Waals surface area contributed by atoms with Crippen LogP contribution < -0.4 is 11.1 Å². The number of rotatable bonds is 4. The summed E-state index contributed by atoms with van der Waals surface area (Å²) in [5, 5.41) is 7.50. The lowest BCUT2D eigenvalue weighted by Gasteiger charge is -2.13. The molecule has 2 aromatic heterocycles. The molecule has 0 aliphatic rings. The summed E-state index contributed by atoms with van der Waals surface area (Å²) in [6.45, 7) is 5.51. The number of hydrogen-bond donors (Lipinski definition) is 2. The summed E-state index contributed by atoms with van der Waals surface area (Å²) >= 11 is 0. The van der Waals surface area contributed by atoms with Crippen LogP contribution in [0.3, 0.4) is 0 Å². The molecule has 0 saturated carbocycles. The molecule has 0 amide bonds. The normalized spacial score (nSPS) is 10.9. The largest absolute Gasteiger partial charge is 0.386 e. The number of benzene rings is 2. The molecule has 0 aliphatic carbocycles. The van der Waals surface area contributed by atoms with Gasteiger partial charge in [-0.25, -0.2) is 9.97 Å². The third-order valence-corrected chi connectivity index (χ3v) is 4.39. The van der Waals surface area contributed by atoms with Crippen LogP contribution >= 0.6 is 0 Å². The zero-order chi connectivity index (χ0) is 19.0. The average molecular weight is 357 g/mol. The summed E-state index contributed by atoms with van der Waals surface area (Å²) in [5.74, 6) is 0.922. The minimum atomic E-state index is 0.294. The number of fused-ring (bicyclic) bond motifs is 1. The molecular formula is C20H19N7. The molecule has 4 rings (SSSR count). The molecule has 134 valence electrons. The van der Waals surface area contributed by atoms with E-state index in [4.69, 9.17) is 5.73 Å². The minimum absolute atomic E-state index is 0.294. The summed E-state index contributed by atoms with van der Waals surface area (Å²) in [5.41, 5.74) is 11.9. The van der Waals surface area contributed by atoms with Crippen LogP contribution in [0.1, 0.15) is 5.82 Å². The van der Waals surface area contributed by atoms with E-state index in [0.717, 1.165) is 33.8 Å². The lowest BCUT2D eigenvalue weighted by Crippen LogP contribution is -2.05. The number of anilines is 2. The zero-order valence-electron chi connectivity index (χ0n) is 15.1. The van der Waals surface area contributed by atoms with Crippen molar-refractivity contribution in [3.8, 4) is 22.4 Å². The molecule has 0 atom stereocenters. The van der Waals surface area contributed by atoms with Crippen molar-refractivity contribution in [1.82, 2.24) is 19.6 Å². The smallest absolute Gasteiger partial charge is 0.223 e. The number of nitrogens with one attached hydrogen (secondary N) is 1. The maximum Gasteiger partial charge on any atom is 0.223 e. The lowest BCUT2D eigenvalue weighted by atomic mass is 9.99. The summed E-state index contributed by atoms with van der Waals surface area (Å²) in [6, 6.07) is 15.8. The second-order valence-electron chi connectivity index (χ2n) is 6.09. The molecule has 0 bridgehead atoms. The Morgan fingerprint density at radius 1 is 1.07 bits per heavy atom. The van der Waals surface area contributed by atoms with Crippen LogP contribution in [0.15, 0.2) is 53.5 Å². The van der Waals surface area contributed by atoms with Gasteiger partial charge in [0.15, 0.2) is 5.65 Å². The average Bonchev–Trinajstić information content (AvgIpc) is 3.10. The van der Waals surface area contributed by atoms with E-state index < -0.39 is 0 Å². The van der Waals surface area contributed by atoms with Gasteiger partial charge in [0.05, 0.1) is 22.6 Å². The number of nitrogens with two attached hydrogens (primary N) is 1. The second kappa shape index (κ2) is 6.53. The van der Waals surface area contributed by atoms with E-state index in [1.54, 1.807) is 4.52 Å². The molecule has 27 heavy (non-hydrogen) atoms. The lowest BCUT2D eigenvalue weighted by molar-refractivity contribution is 0.917. The van der Waals surface area contributed by atoms with E-state index in [9.17, 15) is 0 Å². The minimum Gasteiger partial charge on any atom is -0.386 e. The van der Waals surface area contributed by atoms with Crippen LogP contribution in [-0.2, 0) is 0 Å². The summed E-state index contributed by atoms with van der Waals surface area (Å²) < 4.78 is 1.57. The van der Waals surface area contributed by atoms with Crippen molar-refractivity contribution in [3.63, 3.8) is 0 Å². The molecule has 0 unspecified atom stereocenters. The van der Waals surface area contributed by atoms with Crippen LogP contribution in [0.2, 0.25) is 0 Å². The summed E-state index contributed by atoms with van der Waals surface area (Å²) in [4.78, 5) is 13.4. The van der Waals surface area contributed by atoms with Crippen molar-refractivity contribution in [2.45, 2.75) is 6.92 Å². The number of aryl methyl sites for hydroxylation is 1. The molecular weight excluding hydrogens is 338 g/mol. The van der Waals surface area contributed by atoms with Crippen LogP contribution in [0, 0.1) is 6.92 Å². The first-order valence-corrected chi connectivity index (χ1v) is 8.49. The fourth-order valence-corrected chi connectivity index (χ4v) is 3.16. The molecule has 0 radical (unpaired) electrons. The van der Waals surface area contributed by atoms with Gasteiger partial charge in [-0.15, -0.1) is 5.10 Å². The van der Waals surface area contributed by atoms with Gasteiger partial charge in [-0.05, 0) is 31.3 Å². The van der Waals surface area contributed by atoms with Gasteiger partial charge in [-0.3, -0.25) is 4.99 Å². The Labute approximate surface area is 156 Å². The summed E-state index contributed by atoms with van der Waals surface area (Å²) in [7, 11) is 1.85. The Morgan fingerprint density at radius 3 is 2.56 bits per heavy atom. The van der Waals surface area contributed by atoms with Crippen LogP contribution in [0.25, 0.3) is 28.0 Å². The van der Waals surface area contributed by atoms with E-state index in [1.165, 1.54) is 0 Å². The maximum atomic E-state index is 6.17. The monoisotopic (exact) mass is 357 g/mol. The molecule has 3 N–H and O–H groups in total.